The van der Waals surface area contributed by atoms with E-state index in [9.17, 15) is 4.79 Å². The van der Waals surface area contributed by atoms with Crippen LogP contribution >= 0.6 is 0 Å². The number of carbonyl (C=O) groups is 1. The zero-order chi connectivity index (χ0) is 15.4. The highest BCUT2D eigenvalue weighted by atomic mass is 16.1. The first-order valence-electron chi connectivity index (χ1n) is 6.40. The zero-order valence-electron chi connectivity index (χ0n) is 11.9. The first-order valence-corrected chi connectivity index (χ1v) is 6.40. The summed E-state index contributed by atoms with van der Waals surface area (Å²) in [5.41, 5.74) is 8.16. The van der Waals surface area contributed by atoms with Crippen molar-refractivity contribution in [3.05, 3.63) is 53.9 Å². The molecule has 1 aromatic carbocycles. The Labute approximate surface area is 123 Å². The molecule has 0 unspecified atom stereocenters. The fourth-order valence-electron chi connectivity index (χ4n) is 2.01. The van der Waals surface area contributed by atoms with E-state index in [4.69, 9.17) is 11.1 Å². The number of aromatic nitrogens is 1. The Hall–Kier alpha value is -2.89. The molecule has 6 heteroatoms. The van der Waals surface area contributed by atoms with Gasteiger partial charge in [0.2, 0.25) is 0 Å². The number of amides is 1. The maximum absolute atomic E-state index is 11.7. The monoisotopic (exact) mass is 283 g/mol. The lowest BCUT2D eigenvalue weighted by Crippen LogP contribution is -2.21. The summed E-state index contributed by atoms with van der Waals surface area (Å²) in [6.45, 7) is 0. The number of hydrogen-bond acceptors (Lipinski definition) is 4. The third kappa shape index (κ3) is 3.00. The van der Waals surface area contributed by atoms with E-state index in [-0.39, 0.29) is 11.7 Å². The summed E-state index contributed by atoms with van der Waals surface area (Å²) in [6.07, 6.45) is 1.58. The molecule has 0 aliphatic carbocycles. The molecule has 2 rings (SSSR count). The molecule has 0 spiro atoms. The molecule has 0 saturated carbocycles. The van der Waals surface area contributed by atoms with Crippen molar-refractivity contribution in [1.29, 1.82) is 5.41 Å². The number of amidine groups is 1. The van der Waals surface area contributed by atoms with Crippen LogP contribution in [0, 0.1) is 5.41 Å². The first-order chi connectivity index (χ1) is 10.0. The predicted octanol–water partition coefficient (Wildman–Crippen LogP) is 1.49. The van der Waals surface area contributed by atoms with E-state index >= 15 is 0 Å². The van der Waals surface area contributed by atoms with Gasteiger partial charge in [-0.1, -0.05) is 12.1 Å². The van der Waals surface area contributed by atoms with Crippen molar-refractivity contribution < 1.29 is 4.79 Å². The summed E-state index contributed by atoms with van der Waals surface area (Å²) in [4.78, 5) is 17.6. The van der Waals surface area contributed by atoms with Gasteiger partial charge in [-0.15, -0.1) is 0 Å². The molecule has 1 amide bonds. The van der Waals surface area contributed by atoms with Gasteiger partial charge in [0.15, 0.2) is 0 Å². The van der Waals surface area contributed by atoms with Crippen LogP contribution in [0.15, 0.2) is 42.6 Å². The maximum Gasteiger partial charge on any atom is 0.269 e. The molecule has 0 atom stereocenters. The van der Waals surface area contributed by atoms with E-state index in [2.05, 4.69) is 10.3 Å². The standard InChI is InChI=1S/C15H17N5O/c1-18-15(21)12-9-10(7-8-19-12)20(2)13-6-4-3-5-11(13)14(16)17/h3-9H,1-2H3,(H3,16,17)(H,18,21). The van der Waals surface area contributed by atoms with Gasteiger partial charge in [0, 0.05) is 31.5 Å². The van der Waals surface area contributed by atoms with Crippen molar-refractivity contribution in [1.82, 2.24) is 10.3 Å². The van der Waals surface area contributed by atoms with Crippen LogP contribution in [0.4, 0.5) is 11.4 Å². The third-order valence-electron chi connectivity index (χ3n) is 3.15. The topological polar surface area (TPSA) is 95.1 Å². The van der Waals surface area contributed by atoms with Gasteiger partial charge >= 0.3 is 0 Å². The van der Waals surface area contributed by atoms with E-state index in [1.807, 2.05) is 30.1 Å². The lowest BCUT2D eigenvalue weighted by Gasteiger charge is -2.22. The normalized spacial score (nSPS) is 10.0. The van der Waals surface area contributed by atoms with Crippen LogP contribution in [0.5, 0.6) is 0 Å². The average molecular weight is 283 g/mol. The van der Waals surface area contributed by atoms with Gasteiger partial charge in [-0.3, -0.25) is 15.2 Å². The molecule has 108 valence electrons. The molecule has 6 nitrogen and oxygen atoms in total. The van der Waals surface area contributed by atoms with E-state index < -0.39 is 0 Å². The largest absolute Gasteiger partial charge is 0.384 e. The summed E-state index contributed by atoms with van der Waals surface area (Å²) >= 11 is 0. The molecule has 1 aromatic heterocycles. The number of nitrogens with zero attached hydrogens (tertiary/aromatic N) is 2. The Bertz CT molecular complexity index is 683. The summed E-state index contributed by atoms with van der Waals surface area (Å²) in [5.74, 6) is -0.247. The molecule has 0 bridgehead atoms. The zero-order valence-corrected chi connectivity index (χ0v) is 11.9. The number of rotatable bonds is 4. The van der Waals surface area contributed by atoms with Crippen molar-refractivity contribution >= 4 is 23.1 Å². The van der Waals surface area contributed by atoms with E-state index in [1.54, 1.807) is 31.4 Å². The van der Waals surface area contributed by atoms with Crippen molar-refractivity contribution in [3.63, 3.8) is 0 Å². The summed E-state index contributed by atoms with van der Waals surface area (Å²) in [6, 6.07) is 10.8. The lowest BCUT2D eigenvalue weighted by atomic mass is 10.1. The van der Waals surface area contributed by atoms with Gasteiger partial charge in [-0.05, 0) is 24.3 Å². The van der Waals surface area contributed by atoms with E-state index in [0.29, 0.717) is 11.3 Å². The molecule has 0 saturated heterocycles. The second-order valence-electron chi connectivity index (χ2n) is 4.47. The molecule has 0 aliphatic rings. The fraction of sp³-hybridized carbons (Fsp3) is 0.133. The molecular weight excluding hydrogens is 266 g/mol. The van der Waals surface area contributed by atoms with Gasteiger partial charge in [0.25, 0.3) is 5.91 Å². The smallest absolute Gasteiger partial charge is 0.269 e. The van der Waals surface area contributed by atoms with Crippen LogP contribution in [0.2, 0.25) is 0 Å². The molecule has 0 aliphatic heterocycles. The number of nitrogens with two attached hydrogens (primary N) is 1. The molecular formula is C15H17N5O. The van der Waals surface area contributed by atoms with Crippen LogP contribution in [0.25, 0.3) is 0 Å². The molecule has 2 aromatic rings. The second-order valence-corrected chi connectivity index (χ2v) is 4.47. The number of nitrogens with one attached hydrogen (secondary N) is 2. The molecule has 4 N–H and O–H groups in total. The highest BCUT2D eigenvalue weighted by Gasteiger charge is 2.13. The van der Waals surface area contributed by atoms with Crippen LogP contribution in [0.1, 0.15) is 16.1 Å². The predicted molar refractivity (Wildman–Crippen MR) is 83.1 cm³/mol. The molecule has 1 heterocycles. The SMILES string of the molecule is CNC(=O)c1cc(N(C)c2ccccc2C(=N)N)ccn1. The van der Waals surface area contributed by atoms with Gasteiger partial charge in [0.1, 0.15) is 11.5 Å². The lowest BCUT2D eigenvalue weighted by molar-refractivity contribution is 0.0958. The maximum atomic E-state index is 11.7. The second kappa shape index (κ2) is 6.04. The van der Waals surface area contributed by atoms with E-state index in [0.717, 1.165) is 11.4 Å². The number of pyridine rings is 1. The summed E-state index contributed by atoms with van der Waals surface area (Å²) in [7, 11) is 3.41. The molecule has 21 heavy (non-hydrogen) atoms. The molecule has 0 radical (unpaired) electrons. The minimum absolute atomic E-state index is 0.00182. The van der Waals surface area contributed by atoms with Crippen molar-refractivity contribution in [2.45, 2.75) is 0 Å². The summed E-state index contributed by atoms with van der Waals surface area (Å²) in [5, 5.41) is 10.2. The number of para-hydroxylation sites is 1. The van der Waals surface area contributed by atoms with Crippen LogP contribution in [-0.4, -0.2) is 30.8 Å². The Morgan fingerprint density at radius 2 is 2.05 bits per heavy atom. The van der Waals surface area contributed by atoms with Crippen molar-refractivity contribution in [2.24, 2.45) is 5.73 Å². The quantitative estimate of drug-likeness (QED) is 0.585. The Kier molecular flexibility index (Phi) is 4.18. The minimum Gasteiger partial charge on any atom is -0.384 e. The number of hydrogen-bond donors (Lipinski definition) is 3. The number of carbonyl (C=O) groups excluding carboxylic acids is 1. The average Bonchev–Trinajstić information content (AvgIpc) is 2.53. The Morgan fingerprint density at radius 3 is 2.71 bits per heavy atom. The van der Waals surface area contributed by atoms with Crippen molar-refractivity contribution in [3.8, 4) is 0 Å². The minimum atomic E-state index is -0.245. The van der Waals surface area contributed by atoms with Gasteiger partial charge < -0.3 is 16.0 Å². The van der Waals surface area contributed by atoms with E-state index in [1.165, 1.54) is 0 Å². The Morgan fingerprint density at radius 1 is 1.33 bits per heavy atom. The Balaban J connectivity index is 2.43. The highest BCUT2D eigenvalue weighted by Crippen LogP contribution is 2.26. The number of benzene rings is 1. The number of nitrogen functional groups attached to an aromatic ring is 1. The van der Waals surface area contributed by atoms with Gasteiger partial charge in [-0.25, -0.2) is 0 Å². The van der Waals surface area contributed by atoms with Crippen molar-refractivity contribution in [2.75, 3.05) is 19.0 Å². The highest BCUT2D eigenvalue weighted by molar-refractivity contribution is 6.01. The van der Waals surface area contributed by atoms with Gasteiger partial charge in [-0.2, -0.15) is 0 Å². The number of anilines is 2. The van der Waals surface area contributed by atoms with Crippen LogP contribution in [0.3, 0.4) is 0 Å². The molecule has 0 fully saturated rings. The van der Waals surface area contributed by atoms with Crippen LogP contribution in [-0.2, 0) is 0 Å². The first kappa shape index (κ1) is 14.5. The fourth-order valence-corrected chi connectivity index (χ4v) is 2.01. The van der Waals surface area contributed by atoms with Gasteiger partial charge in [0.05, 0.1) is 5.69 Å². The van der Waals surface area contributed by atoms with Crippen LogP contribution < -0.4 is 16.0 Å². The summed E-state index contributed by atoms with van der Waals surface area (Å²) < 4.78 is 0. The third-order valence-corrected chi connectivity index (χ3v) is 3.15.